The Balaban J connectivity index is 1.19. The first-order chi connectivity index (χ1) is 15.2. The zero-order valence-electron chi connectivity index (χ0n) is 17.6. The molecule has 2 bridgehead atoms. The van der Waals surface area contributed by atoms with Crippen molar-refractivity contribution in [1.29, 1.82) is 0 Å². The molecular weight excluding hydrogens is 394 g/mol. The van der Waals surface area contributed by atoms with Crippen LogP contribution in [-0.4, -0.2) is 52.0 Å². The molecule has 4 atom stereocenters. The van der Waals surface area contributed by atoms with E-state index >= 15 is 0 Å². The lowest BCUT2D eigenvalue weighted by Gasteiger charge is -2.49. The molecule has 3 fully saturated rings. The van der Waals surface area contributed by atoms with E-state index in [1.54, 1.807) is 13.4 Å². The second kappa shape index (κ2) is 8.55. The van der Waals surface area contributed by atoms with E-state index in [4.69, 9.17) is 9.15 Å². The molecule has 0 spiro atoms. The van der Waals surface area contributed by atoms with E-state index in [2.05, 4.69) is 20.5 Å². The fraction of sp³-hybridized carbons (Fsp3) is 0.435. The maximum Gasteiger partial charge on any atom is 0.225 e. The molecule has 0 saturated carbocycles. The summed E-state index contributed by atoms with van der Waals surface area (Å²) in [5, 5.41) is 11.7. The topological polar surface area (TPSA) is 85.4 Å². The van der Waals surface area contributed by atoms with Crippen LogP contribution in [0, 0.1) is 11.8 Å². The number of carbonyl (C=O) groups is 1. The summed E-state index contributed by atoms with van der Waals surface area (Å²) in [5.41, 5.74) is 1.87. The highest BCUT2D eigenvalue weighted by atomic mass is 16.5. The van der Waals surface area contributed by atoms with Gasteiger partial charge in [-0.15, -0.1) is 5.10 Å². The first kappa shape index (κ1) is 19.8. The van der Waals surface area contributed by atoms with Gasteiger partial charge in [-0.25, -0.2) is 0 Å². The molecule has 3 aliphatic rings. The van der Waals surface area contributed by atoms with Crippen molar-refractivity contribution < 1.29 is 13.9 Å². The van der Waals surface area contributed by atoms with Gasteiger partial charge in [0.25, 0.3) is 0 Å². The number of piperidine rings is 3. The Hall–Kier alpha value is -3.13. The number of amides is 1. The van der Waals surface area contributed by atoms with Gasteiger partial charge in [-0.1, -0.05) is 5.21 Å². The Morgan fingerprint density at radius 1 is 1.29 bits per heavy atom. The fourth-order valence-corrected chi connectivity index (χ4v) is 4.84. The lowest BCUT2D eigenvalue weighted by molar-refractivity contribution is -0.133. The van der Waals surface area contributed by atoms with E-state index < -0.39 is 0 Å². The van der Waals surface area contributed by atoms with E-state index in [0.717, 1.165) is 55.2 Å². The molecule has 3 aliphatic heterocycles. The predicted octanol–water partition coefficient (Wildman–Crippen LogP) is 2.57. The van der Waals surface area contributed by atoms with Crippen LogP contribution >= 0.6 is 0 Å². The molecule has 8 nitrogen and oxygen atoms in total. The largest absolute Gasteiger partial charge is 0.497 e. The second-order valence-electron chi connectivity index (χ2n) is 8.39. The van der Waals surface area contributed by atoms with Crippen molar-refractivity contribution in [3.63, 3.8) is 0 Å². The quantitative estimate of drug-likeness (QED) is 0.631. The standard InChI is InChI=1S/C23H27N5O3/c1-30-19-6-4-16(5-7-19)22-15-28(26-25-22)13-18-11-17-8-9-27(18)14-21(17)23(29)24-12-20-3-2-10-31-20/h2-7,10,15,17-18,21H,8-9,11-14H2,1H3,(H,24,29). The average Bonchev–Trinajstić information content (AvgIpc) is 3.50. The van der Waals surface area contributed by atoms with Crippen molar-refractivity contribution in [3.8, 4) is 17.0 Å². The minimum absolute atomic E-state index is 0.0468. The Labute approximate surface area is 181 Å². The molecule has 8 heteroatoms. The van der Waals surface area contributed by atoms with E-state index in [9.17, 15) is 4.79 Å². The van der Waals surface area contributed by atoms with Gasteiger partial charge >= 0.3 is 0 Å². The summed E-state index contributed by atoms with van der Waals surface area (Å²) in [5.74, 6) is 2.20. The molecular formula is C23H27N5O3. The van der Waals surface area contributed by atoms with Crippen LogP contribution in [0.2, 0.25) is 0 Å². The molecule has 4 unspecified atom stereocenters. The van der Waals surface area contributed by atoms with Crippen molar-refractivity contribution in [2.24, 2.45) is 11.8 Å². The molecule has 3 saturated heterocycles. The van der Waals surface area contributed by atoms with Crippen molar-refractivity contribution in [1.82, 2.24) is 25.2 Å². The summed E-state index contributed by atoms with van der Waals surface area (Å²) < 4.78 is 12.5. The van der Waals surface area contributed by atoms with Gasteiger partial charge in [0.1, 0.15) is 17.2 Å². The third-order valence-electron chi connectivity index (χ3n) is 6.55. The minimum Gasteiger partial charge on any atom is -0.497 e. The van der Waals surface area contributed by atoms with Gasteiger partial charge in [-0.2, -0.15) is 0 Å². The van der Waals surface area contributed by atoms with Gasteiger partial charge in [0.15, 0.2) is 0 Å². The van der Waals surface area contributed by atoms with Gasteiger partial charge in [-0.05, 0) is 61.7 Å². The summed E-state index contributed by atoms with van der Waals surface area (Å²) in [6.07, 6.45) is 5.71. The molecule has 31 heavy (non-hydrogen) atoms. The van der Waals surface area contributed by atoms with Gasteiger partial charge in [-0.3, -0.25) is 14.4 Å². The highest BCUT2D eigenvalue weighted by molar-refractivity contribution is 5.79. The van der Waals surface area contributed by atoms with Gasteiger partial charge in [0.05, 0.1) is 38.6 Å². The van der Waals surface area contributed by atoms with Crippen LogP contribution < -0.4 is 10.1 Å². The van der Waals surface area contributed by atoms with Gasteiger partial charge in [0.2, 0.25) is 5.91 Å². The molecule has 6 rings (SSSR count). The number of aromatic nitrogens is 3. The highest BCUT2D eigenvalue weighted by Gasteiger charge is 2.43. The number of hydrogen-bond donors (Lipinski definition) is 1. The Morgan fingerprint density at radius 3 is 2.87 bits per heavy atom. The third kappa shape index (κ3) is 4.20. The van der Waals surface area contributed by atoms with Crippen molar-refractivity contribution in [2.45, 2.75) is 32.0 Å². The van der Waals surface area contributed by atoms with Gasteiger partial charge in [0, 0.05) is 18.2 Å². The number of fused-ring (bicyclic) bond motifs is 3. The number of methoxy groups -OCH3 is 1. The number of carbonyl (C=O) groups excluding carboxylic acids is 1. The van der Waals surface area contributed by atoms with Crippen LogP contribution in [0.25, 0.3) is 11.3 Å². The van der Waals surface area contributed by atoms with Crippen molar-refractivity contribution >= 4 is 5.91 Å². The smallest absolute Gasteiger partial charge is 0.225 e. The minimum atomic E-state index is 0.0468. The van der Waals surface area contributed by atoms with E-state index in [0.29, 0.717) is 18.5 Å². The van der Waals surface area contributed by atoms with Crippen LogP contribution in [0.3, 0.4) is 0 Å². The maximum atomic E-state index is 12.7. The van der Waals surface area contributed by atoms with Gasteiger partial charge < -0.3 is 14.5 Å². The Morgan fingerprint density at radius 2 is 2.16 bits per heavy atom. The second-order valence-corrected chi connectivity index (χ2v) is 8.39. The monoisotopic (exact) mass is 421 g/mol. The first-order valence-electron chi connectivity index (χ1n) is 10.8. The number of nitrogens with zero attached hydrogens (tertiary/aromatic N) is 4. The third-order valence-corrected chi connectivity index (χ3v) is 6.55. The maximum absolute atomic E-state index is 12.7. The van der Waals surface area contributed by atoms with Crippen LogP contribution in [-0.2, 0) is 17.9 Å². The molecule has 3 aromatic rings. The number of ether oxygens (including phenoxy) is 1. The molecule has 2 aromatic heterocycles. The number of hydrogen-bond acceptors (Lipinski definition) is 6. The first-order valence-corrected chi connectivity index (χ1v) is 10.8. The number of nitrogens with one attached hydrogen (secondary N) is 1. The summed E-state index contributed by atoms with van der Waals surface area (Å²) in [6, 6.07) is 11.9. The van der Waals surface area contributed by atoms with Crippen LogP contribution in [0.1, 0.15) is 18.6 Å². The Bertz CT molecular complexity index is 1010. The lowest BCUT2D eigenvalue weighted by Crippen LogP contribution is -2.57. The summed E-state index contributed by atoms with van der Waals surface area (Å²) >= 11 is 0. The number of rotatable bonds is 7. The predicted molar refractivity (Wildman–Crippen MR) is 114 cm³/mol. The highest BCUT2D eigenvalue weighted by Crippen LogP contribution is 2.37. The van der Waals surface area contributed by atoms with E-state index in [1.165, 1.54) is 0 Å². The average molecular weight is 422 g/mol. The molecule has 1 aromatic carbocycles. The van der Waals surface area contributed by atoms with E-state index in [-0.39, 0.29) is 11.8 Å². The fourth-order valence-electron chi connectivity index (χ4n) is 4.84. The van der Waals surface area contributed by atoms with Crippen LogP contribution in [0.5, 0.6) is 5.75 Å². The molecule has 1 N–H and O–H groups in total. The summed E-state index contributed by atoms with van der Waals surface area (Å²) in [4.78, 5) is 15.2. The van der Waals surface area contributed by atoms with Crippen LogP contribution in [0.4, 0.5) is 0 Å². The normalized spacial score (nSPS) is 24.8. The van der Waals surface area contributed by atoms with Crippen molar-refractivity contribution in [2.75, 3.05) is 20.2 Å². The summed E-state index contributed by atoms with van der Waals surface area (Å²) in [7, 11) is 1.66. The summed E-state index contributed by atoms with van der Waals surface area (Å²) in [6.45, 7) is 3.09. The molecule has 5 heterocycles. The van der Waals surface area contributed by atoms with Crippen molar-refractivity contribution in [3.05, 3.63) is 54.6 Å². The molecule has 1 amide bonds. The Kier molecular flexibility index (Phi) is 5.46. The van der Waals surface area contributed by atoms with Crippen LogP contribution in [0.15, 0.2) is 53.3 Å². The SMILES string of the molecule is COc1ccc(-c2cn(CC3CC4CCN3CC4C(=O)NCc3ccco3)nn2)cc1. The molecule has 162 valence electrons. The lowest BCUT2D eigenvalue weighted by atomic mass is 9.75. The number of benzene rings is 1. The number of furan rings is 1. The zero-order chi connectivity index (χ0) is 21.2. The molecule has 0 radical (unpaired) electrons. The van der Waals surface area contributed by atoms with E-state index in [1.807, 2.05) is 47.3 Å². The molecule has 0 aliphatic carbocycles. The zero-order valence-corrected chi connectivity index (χ0v) is 17.6.